The lowest BCUT2D eigenvalue weighted by atomic mass is 10.0. The van der Waals surface area contributed by atoms with Gasteiger partial charge in [0.15, 0.2) is 0 Å². The molecule has 0 saturated heterocycles. The second kappa shape index (κ2) is 10.0. The average Bonchev–Trinajstić information content (AvgIpc) is 3.14. The highest BCUT2D eigenvalue weighted by Crippen LogP contribution is 2.21. The molecule has 182 valence electrons. The number of fused-ring (bicyclic) bond motifs is 1. The Hall–Kier alpha value is -3.49. The maximum atomic E-state index is 13.1. The number of aromatic nitrogens is 2. The van der Waals surface area contributed by atoms with Crippen molar-refractivity contribution in [2.45, 2.75) is 45.2 Å². The fourth-order valence-corrected chi connectivity index (χ4v) is 5.48. The molecule has 4 rings (SSSR count). The van der Waals surface area contributed by atoms with E-state index in [1.54, 1.807) is 18.2 Å². The zero-order valence-electron chi connectivity index (χ0n) is 20.3. The van der Waals surface area contributed by atoms with Gasteiger partial charge in [-0.25, -0.2) is 13.1 Å². The Kier molecular flexibility index (Phi) is 7.05. The molecule has 0 radical (unpaired) electrons. The fourth-order valence-electron chi connectivity index (χ4n) is 4.10. The number of nitrogens with zero attached hydrogens (tertiary/aromatic N) is 2. The summed E-state index contributed by atoms with van der Waals surface area (Å²) < 4.78 is 30.7. The Morgan fingerprint density at radius 3 is 2.29 bits per heavy atom. The number of carbonyl (C=O) groups excluding carboxylic acids is 1. The summed E-state index contributed by atoms with van der Waals surface area (Å²) in [6.07, 6.45) is 0. The average molecular weight is 491 g/mol. The van der Waals surface area contributed by atoms with Crippen molar-refractivity contribution in [2.75, 3.05) is 0 Å². The standard InChI is InChI=1S/C27H30N4O3S/c1-18(2)26(30-35(33,34)24-15-14-21-10-8-9-11-22(21)16-24)27(32)28-17-25-19(3)29-31(20(25)4)23-12-6-5-7-13-23/h5-16,18,26,30H,17H2,1-4H3,(H,28,32). The predicted octanol–water partition coefficient (Wildman–Crippen LogP) is 4.26. The van der Waals surface area contributed by atoms with Crippen LogP contribution in [0.1, 0.15) is 30.8 Å². The lowest BCUT2D eigenvalue weighted by molar-refractivity contribution is -0.123. The SMILES string of the molecule is Cc1nn(-c2ccccc2)c(C)c1CNC(=O)C(NS(=O)(=O)c1ccc2ccccc2c1)C(C)C. The van der Waals surface area contributed by atoms with Crippen LogP contribution in [0.25, 0.3) is 16.5 Å². The van der Waals surface area contributed by atoms with Crippen molar-refractivity contribution in [2.24, 2.45) is 5.92 Å². The largest absolute Gasteiger partial charge is 0.350 e. The van der Waals surface area contributed by atoms with Crippen LogP contribution in [0.4, 0.5) is 0 Å². The van der Waals surface area contributed by atoms with Crippen LogP contribution in [0.2, 0.25) is 0 Å². The number of aryl methyl sites for hydroxylation is 1. The molecule has 0 aliphatic carbocycles. The summed E-state index contributed by atoms with van der Waals surface area (Å²) in [5.41, 5.74) is 3.58. The van der Waals surface area contributed by atoms with Crippen molar-refractivity contribution in [1.29, 1.82) is 0 Å². The summed E-state index contributed by atoms with van der Waals surface area (Å²) in [4.78, 5) is 13.2. The summed E-state index contributed by atoms with van der Waals surface area (Å²) in [5.74, 6) is -0.630. The van der Waals surface area contributed by atoms with Crippen LogP contribution in [0, 0.1) is 19.8 Å². The van der Waals surface area contributed by atoms with Crippen LogP contribution in [-0.2, 0) is 21.4 Å². The summed E-state index contributed by atoms with van der Waals surface area (Å²) in [6.45, 7) is 7.74. The Bertz CT molecular complexity index is 1460. The first-order valence-corrected chi connectivity index (χ1v) is 13.0. The third-order valence-electron chi connectivity index (χ3n) is 6.14. The van der Waals surface area contributed by atoms with E-state index in [4.69, 9.17) is 0 Å². The van der Waals surface area contributed by atoms with Crippen molar-refractivity contribution < 1.29 is 13.2 Å². The molecule has 0 bridgehead atoms. The number of carbonyl (C=O) groups is 1. The minimum atomic E-state index is -3.90. The Balaban J connectivity index is 1.51. The topological polar surface area (TPSA) is 93.1 Å². The molecular weight excluding hydrogens is 460 g/mol. The van der Waals surface area contributed by atoms with E-state index < -0.39 is 16.1 Å². The molecule has 1 atom stereocenters. The van der Waals surface area contributed by atoms with Gasteiger partial charge in [0.05, 0.1) is 16.3 Å². The van der Waals surface area contributed by atoms with Gasteiger partial charge in [-0.2, -0.15) is 9.82 Å². The molecule has 0 saturated carbocycles. The zero-order valence-corrected chi connectivity index (χ0v) is 21.1. The van der Waals surface area contributed by atoms with Crippen LogP contribution >= 0.6 is 0 Å². The number of benzene rings is 3. The summed E-state index contributed by atoms with van der Waals surface area (Å²) in [6, 6.07) is 21.4. The zero-order chi connectivity index (χ0) is 25.2. The van der Waals surface area contributed by atoms with E-state index in [2.05, 4.69) is 15.1 Å². The summed E-state index contributed by atoms with van der Waals surface area (Å²) in [5, 5.41) is 9.30. The molecule has 1 aromatic heterocycles. The van der Waals surface area contributed by atoms with E-state index in [0.29, 0.717) is 0 Å². The van der Waals surface area contributed by atoms with Gasteiger partial charge >= 0.3 is 0 Å². The summed E-state index contributed by atoms with van der Waals surface area (Å²) in [7, 11) is -3.90. The molecule has 0 aliphatic rings. The van der Waals surface area contributed by atoms with E-state index in [9.17, 15) is 13.2 Å². The molecule has 1 unspecified atom stereocenters. The predicted molar refractivity (Wildman–Crippen MR) is 138 cm³/mol. The van der Waals surface area contributed by atoms with Crippen molar-refractivity contribution in [1.82, 2.24) is 19.8 Å². The quantitative estimate of drug-likeness (QED) is 0.386. The van der Waals surface area contributed by atoms with Gasteiger partial charge in [0.25, 0.3) is 0 Å². The maximum absolute atomic E-state index is 13.1. The molecule has 1 heterocycles. The molecule has 3 aromatic carbocycles. The number of amides is 1. The van der Waals surface area contributed by atoms with Crippen LogP contribution in [0.3, 0.4) is 0 Å². The van der Waals surface area contributed by atoms with Crippen LogP contribution in [0.15, 0.2) is 77.7 Å². The van der Waals surface area contributed by atoms with Crippen molar-refractivity contribution in [3.63, 3.8) is 0 Å². The van der Waals surface area contributed by atoms with Gasteiger partial charge in [0, 0.05) is 17.8 Å². The molecule has 35 heavy (non-hydrogen) atoms. The third-order valence-corrected chi connectivity index (χ3v) is 7.58. The number of para-hydroxylation sites is 1. The Morgan fingerprint density at radius 1 is 0.943 bits per heavy atom. The maximum Gasteiger partial charge on any atom is 0.241 e. The van der Waals surface area contributed by atoms with E-state index in [1.807, 2.05) is 87.0 Å². The number of hydrogen-bond acceptors (Lipinski definition) is 4. The van der Waals surface area contributed by atoms with Crippen molar-refractivity contribution in [3.8, 4) is 5.69 Å². The van der Waals surface area contributed by atoms with Crippen molar-refractivity contribution >= 4 is 26.7 Å². The van der Waals surface area contributed by atoms with Gasteiger partial charge in [0.2, 0.25) is 15.9 Å². The second-order valence-electron chi connectivity index (χ2n) is 8.97. The number of rotatable bonds is 8. The monoisotopic (exact) mass is 490 g/mol. The molecule has 0 fully saturated rings. The lowest BCUT2D eigenvalue weighted by Crippen LogP contribution is -2.49. The third kappa shape index (κ3) is 5.28. The van der Waals surface area contributed by atoms with Crippen LogP contribution in [0.5, 0.6) is 0 Å². The van der Waals surface area contributed by atoms with E-state index in [1.165, 1.54) is 0 Å². The van der Waals surface area contributed by atoms with Gasteiger partial charge in [-0.3, -0.25) is 4.79 Å². The van der Waals surface area contributed by atoms with E-state index in [-0.39, 0.29) is 23.3 Å². The minimum absolute atomic E-state index is 0.130. The molecule has 0 aliphatic heterocycles. The molecule has 2 N–H and O–H groups in total. The normalized spacial score (nSPS) is 12.7. The van der Waals surface area contributed by atoms with Gasteiger partial charge in [-0.1, -0.05) is 62.4 Å². The van der Waals surface area contributed by atoms with E-state index in [0.717, 1.165) is 33.4 Å². The van der Waals surface area contributed by atoms with Crippen LogP contribution in [-0.4, -0.2) is 30.1 Å². The molecule has 7 nitrogen and oxygen atoms in total. The highest BCUT2D eigenvalue weighted by Gasteiger charge is 2.29. The van der Waals surface area contributed by atoms with Gasteiger partial charge in [-0.05, 0) is 54.8 Å². The fraction of sp³-hybridized carbons (Fsp3) is 0.259. The van der Waals surface area contributed by atoms with Crippen LogP contribution < -0.4 is 10.0 Å². The highest BCUT2D eigenvalue weighted by atomic mass is 32.2. The molecule has 0 spiro atoms. The number of sulfonamides is 1. The molecule has 4 aromatic rings. The number of nitrogens with one attached hydrogen (secondary N) is 2. The smallest absolute Gasteiger partial charge is 0.241 e. The highest BCUT2D eigenvalue weighted by molar-refractivity contribution is 7.89. The van der Waals surface area contributed by atoms with Gasteiger partial charge in [-0.15, -0.1) is 0 Å². The Labute approximate surface area is 206 Å². The van der Waals surface area contributed by atoms with E-state index >= 15 is 0 Å². The molecular formula is C27H30N4O3S. The first-order chi connectivity index (χ1) is 16.7. The number of hydrogen-bond donors (Lipinski definition) is 2. The van der Waals surface area contributed by atoms with Crippen molar-refractivity contribution in [3.05, 3.63) is 89.7 Å². The van der Waals surface area contributed by atoms with Gasteiger partial charge in [0.1, 0.15) is 6.04 Å². The minimum Gasteiger partial charge on any atom is -0.350 e. The first-order valence-electron chi connectivity index (χ1n) is 11.6. The lowest BCUT2D eigenvalue weighted by Gasteiger charge is -2.22. The molecule has 8 heteroatoms. The molecule has 1 amide bonds. The summed E-state index contributed by atoms with van der Waals surface area (Å²) >= 11 is 0. The first kappa shape index (κ1) is 24.6. The second-order valence-corrected chi connectivity index (χ2v) is 10.7. The Morgan fingerprint density at radius 2 is 1.60 bits per heavy atom. The van der Waals surface area contributed by atoms with Gasteiger partial charge < -0.3 is 5.32 Å².